The van der Waals surface area contributed by atoms with Gasteiger partial charge in [0.05, 0.1) is 5.38 Å². The average molecular weight is 265 g/mol. The number of hydrogen-bond acceptors (Lipinski definition) is 3. The van der Waals surface area contributed by atoms with Gasteiger partial charge >= 0.3 is 0 Å². The SMILES string of the molecule is CCC(Cl)c1noc(-c2ccc(C(C)C)cc2)n1. The Morgan fingerprint density at radius 3 is 2.44 bits per heavy atom. The lowest BCUT2D eigenvalue weighted by Gasteiger charge is -2.04. The number of alkyl halides is 1. The minimum absolute atomic E-state index is 0.183. The molecule has 0 aliphatic heterocycles. The molecular formula is C14H17ClN2O. The number of benzene rings is 1. The lowest BCUT2D eigenvalue weighted by molar-refractivity contribution is 0.421. The first-order valence-corrected chi connectivity index (χ1v) is 6.63. The summed E-state index contributed by atoms with van der Waals surface area (Å²) in [5.41, 5.74) is 2.22. The summed E-state index contributed by atoms with van der Waals surface area (Å²) in [5, 5.41) is 3.72. The summed E-state index contributed by atoms with van der Waals surface area (Å²) in [4.78, 5) is 4.32. The summed E-state index contributed by atoms with van der Waals surface area (Å²) in [5.74, 6) is 1.60. The van der Waals surface area contributed by atoms with E-state index < -0.39 is 0 Å². The van der Waals surface area contributed by atoms with Crippen LogP contribution in [0.2, 0.25) is 0 Å². The second-order valence-electron chi connectivity index (χ2n) is 4.61. The number of aromatic nitrogens is 2. The molecule has 0 saturated carbocycles. The Hall–Kier alpha value is -1.35. The molecule has 0 N–H and O–H groups in total. The van der Waals surface area contributed by atoms with Crippen LogP contribution in [0.4, 0.5) is 0 Å². The van der Waals surface area contributed by atoms with E-state index in [1.54, 1.807) is 0 Å². The second-order valence-corrected chi connectivity index (χ2v) is 5.14. The van der Waals surface area contributed by atoms with Gasteiger partial charge in [0.25, 0.3) is 5.89 Å². The van der Waals surface area contributed by atoms with Crippen LogP contribution in [0.1, 0.15) is 49.9 Å². The van der Waals surface area contributed by atoms with Crippen LogP contribution in [0.5, 0.6) is 0 Å². The lowest BCUT2D eigenvalue weighted by atomic mass is 10.0. The van der Waals surface area contributed by atoms with Gasteiger partial charge in [0.2, 0.25) is 0 Å². The molecular weight excluding hydrogens is 248 g/mol. The second kappa shape index (κ2) is 5.53. The lowest BCUT2D eigenvalue weighted by Crippen LogP contribution is -1.91. The van der Waals surface area contributed by atoms with Gasteiger partial charge in [-0.25, -0.2) is 0 Å². The Morgan fingerprint density at radius 2 is 1.89 bits per heavy atom. The van der Waals surface area contributed by atoms with Gasteiger partial charge in [-0.1, -0.05) is 38.1 Å². The molecule has 1 heterocycles. The number of rotatable bonds is 4. The largest absolute Gasteiger partial charge is 0.334 e. The Balaban J connectivity index is 2.23. The molecule has 2 aromatic rings. The molecule has 0 bridgehead atoms. The van der Waals surface area contributed by atoms with Crippen molar-refractivity contribution in [1.29, 1.82) is 0 Å². The summed E-state index contributed by atoms with van der Waals surface area (Å²) in [7, 11) is 0. The molecule has 1 unspecified atom stereocenters. The number of hydrogen-bond donors (Lipinski definition) is 0. The molecule has 0 aliphatic carbocycles. The molecule has 1 aromatic carbocycles. The van der Waals surface area contributed by atoms with Gasteiger partial charge in [0, 0.05) is 5.56 Å². The van der Waals surface area contributed by atoms with Gasteiger partial charge in [-0.05, 0) is 30.0 Å². The van der Waals surface area contributed by atoms with Crippen LogP contribution >= 0.6 is 11.6 Å². The van der Waals surface area contributed by atoms with E-state index in [-0.39, 0.29) is 5.38 Å². The fourth-order valence-corrected chi connectivity index (χ4v) is 1.76. The molecule has 1 aromatic heterocycles. The molecule has 4 heteroatoms. The zero-order valence-corrected chi connectivity index (χ0v) is 11.6. The van der Waals surface area contributed by atoms with Gasteiger partial charge in [0.15, 0.2) is 5.82 Å². The molecule has 18 heavy (non-hydrogen) atoms. The maximum Gasteiger partial charge on any atom is 0.257 e. The van der Waals surface area contributed by atoms with Gasteiger partial charge in [-0.2, -0.15) is 4.98 Å². The van der Waals surface area contributed by atoms with Crippen molar-refractivity contribution in [2.24, 2.45) is 0 Å². The fraction of sp³-hybridized carbons (Fsp3) is 0.429. The Kier molecular flexibility index (Phi) is 4.02. The van der Waals surface area contributed by atoms with E-state index in [1.165, 1.54) is 5.56 Å². The van der Waals surface area contributed by atoms with E-state index in [0.29, 0.717) is 17.6 Å². The van der Waals surface area contributed by atoms with Crippen molar-refractivity contribution in [3.05, 3.63) is 35.7 Å². The Labute approximate surface area is 112 Å². The van der Waals surface area contributed by atoms with Crippen LogP contribution in [-0.4, -0.2) is 10.1 Å². The van der Waals surface area contributed by atoms with Crippen LogP contribution in [0.25, 0.3) is 11.5 Å². The molecule has 0 aliphatic rings. The first-order chi connectivity index (χ1) is 8.61. The molecule has 0 saturated heterocycles. The summed E-state index contributed by atoms with van der Waals surface area (Å²) < 4.78 is 5.23. The highest BCUT2D eigenvalue weighted by atomic mass is 35.5. The van der Waals surface area contributed by atoms with E-state index in [4.69, 9.17) is 16.1 Å². The average Bonchev–Trinajstić information content (AvgIpc) is 2.87. The summed E-state index contributed by atoms with van der Waals surface area (Å²) in [6.45, 7) is 6.32. The number of halogens is 1. The van der Waals surface area contributed by atoms with Gasteiger partial charge in [-0.15, -0.1) is 11.6 Å². The summed E-state index contributed by atoms with van der Waals surface area (Å²) in [6.07, 6.45) is 0.785. The first kappa shape index (κ1) is 13.1. The van der Waals surface area contributed by atoms with Crippen molar-refractivity contribution in [2.75, 3.05) is 0 Å². The van der Waals surface area contributed by atoms with Crippen LogP contribution in [0.3, 0.4) is 0 Å². The molecule has 2 rings (SSSR count). The monoisotopic (exact) mass is 264 g/mol. The Bertz CT molecular complexity index is 505. The summed E-state index contributed by atoms with van der Waals surface area (Å²) in [6, 6.07) is 8.17. The highest BCUT2D eigenvalue weighted by Crippen LogP contribution is 2.25. The molecule has 0 amide bonds. The van der Waals surface area contributed by atoms with Crippen LogP contribution in [0.15, 0.2) is 28.8 Å². The maximum atomic E-state index is 6.07. The first-order valence-electron chi connectivity index (χ1n) is 6.19. The molecule has 3 nitrogen and oxygen atoms in total. The van der Waals surface area contributed by atoms with E-state index in [9.17, 15) is 0 Å². The zero-order valence-electron chi connectivity index (χ0n) is 10.9. The molecule has 1 atom stereocenters. The predicted octanol–water partition coefficient (Wildman–Crippen LogP) is 4.55. The van der Waals surface area contributed by atoms with Crippen molar-refractivity contribution in [3.63, 3.8) is 0 Å². The third-order valence-electron chi connectivity index (χ3n) is 2.90. The van der Waals surface area contributed by atoms with E-state index in [0.717, 1.165) is 12.0 Å². The van der Waals surface area contributed by atoms with Crippen molar-refractivity contribution in [2.45, 2.75) is 38.5 Å². The summed E-state index contributed by atoms with van der Waals surface area (Å²) >= 11 is 6.07. The van der Waals surface area contributed by atoms with Crippen molar-refractivity contribution >= 4 is 11.6 Å². The molecule has 0 radical (unpaired) electrons. The van der Waals surface area contributed by atoms with Crippen LogP contribution in [0, 0.1) is 0 Å². The van der Waals surface area contributed by atoms with Gasteiger partial charge in [-0.3, -0.25) is 0 Å². The highest BCUT2D eigenvalue weighted by molar-refractivity contribution is 6.20. The van der Waals surface area contributed by atoms with E-state index >= 15 is 0 Å². The predicted molar refractivity (Wildman–Crippen MR) is 72.7 cm³/mol. The van der Waals surface area contributed by atoms with Crippen LogP contribution in [-0.2, 0) is 0 Å². The normalized spacial score (nSPS) is 12.9. The minimum Gasteiger partial charge on any atom is -0.334 e. The quantitative estimate of drug-likeness (QED) is 0.761. The third-order valence-corrected chi connectivity index (χ3v) is 3.41. The molecule has 0 fully saturated rings. The van der Waals surface area contributed by atoms with E-state index in [1.807, 2.05) is 19.1 Å². The highest BCUT2D eigenvalue weighted by Gasteiger charge is 2.14. The minimum atomic E-state index is -0.183. The fourth-order valence-electron chi connectivity index (χ4n) is 1.67. The van der Waals surface area contributed by atoms with Gasteiger partial charge in [0.1, 0.15) is 0 Å². The van der Waals surface area contributed by atoms with Crippen molar-refractivity contribution in [1.82, 2.24) is 10.1 Å². The molecule has 0 spiro atoms. The van der Waals surface area contributed by atoms with Crippen molar-refractivity contribution in [3.8, 4) is 11.5 Å². The van der Waals surface area contributed by atoms with Crippen molar-refractivity contribution < 1.29 is 4.52 Å². The van der Waals surface area contributed by atoms with E-state index in [2.05, 4.69) is 36.1 Å². The zero-order chi connectivity index (χ0) is 13.1. The number of nitrogens with zero attached hydrogens (tertiary/aromatic N) is 2. The smallest absolute Gasteiger partial charge is 0.257 e. The van der Waals surface area contributed by atoms with Gasteiger partial charge < -0.3 is 4.52 Å². The Morgan fingerprint density at radius 1 is 1.22 bits per heavy atom. The third kappa shape index (κ3) is 2.72. The molecule has 96 valence electrons. The topological polar surface area (TPSA) is 38.9 Å². The van der Waals surface area contributed by atoms with Crippen LogP contribution < -0.4 is 0 Å². The standard InChI is InChI=1S/C14H17ClN2O/c1-4-12(15)13-16-14(18-17-13)11-7-5-10(6-8-11)9(2)3/h5-9,12H,4H2,1-3H3. The maximum absolute atomic E-state index is 6.07.